The molecule has 1 aromatic carbocycles. The Bertz CT molecular complexity index is 651. The van der Waals surface area contributed by atoms with Gasteiger partial charge in [-0.15, -0.1) is 12.4 Å². The van der Waals surface area contributed by atoms with Crippen LogP contribution in [0.25, 0.3) is 11.4 Å². The van der Waals surface area contributed by atoms with Crippen molar-refractivity contribution in [2.24, 2.45) is 11.1 Å². The molecule has 0 fully saturated rings. The molecule has 2 aromatic rings. The molecule has 126 valence electrons. The molecule has 0 aliphatic heterocycles. The van der Waals surface area contributed by atoms with Crippen molar-refractivity contribution in [2.75, 3.05) is 0 Å². The van der Waals surface area contributed by atoms with E-state index in [1.54, 1.807) is 0 Å². The van der Waals surface area contributed by atoms with E-state index in [4.69, 9.17) is 5.73 Å². The lowest BCUT2D eigenvalue weighted by Crippen LogP contribution is -2.48. The number of benzene rings is 1. The van der Waals surface area contributed by atoms with Crippen LogP contribution in [0.2, 0.25) is 0 Å². The monoisotopic (exact) mass is 401 g/mol. The number of aromatic nitrogens is 3. The average Bonchev–Trinajstić information content (AvgIpc) is 2.92. The van der Waals surface area contributed by atoms with Crippen LogP contribution < -0.4 is 11.1 Å². The molecule has 6 nitrogen and oxygen atoms in total. The zero-order valence-corrected chi connectivity index (χ0v) is 15.7. The quantitative estimate of drug-likeness (QED) is 0.732. The predicted molar refractivity (Wildman–Crippen MR) is 96.0 cm³/mol. The molecule has 8 heteroatoms. The molecule has 0 radical (unpaired) electrons. The maximum absolute atomic E-state index is 12.0. The number of carbonyl (C=O) groups excluding carboxylic acids is 1. The fourth-order valence-electron chi connectivity index (χ4n) is 1.78. The summed E-state index contributed by atoms with van der Waals surface area (Å²) in [6, 6.07) is 7.13. The highest BCUT2D eigenvalue weighted by molar-refractivity contribution is 9.10. The molecule has 0 aliphatic carbocycles. The van der Waals surface area contributed by atoms with E-state index in [1.807, 2.05) is 45.0 Å². The molecule has 0 bridgehead atoms. The molecule has 1 heterocycles. The Hall–Kier alpha value is -1.44. The van der Waals surface area contributed by atoms with Gasteiger partial charge < -0.3 is 11.1 Å². The van der Waals surface area contributed by atoms with E-state index in [0.29, 0.717) is 11.6 Å². The van der Waals surface area contributed by atoms with Crippen molar-refractivity contribution in [3.05, 3.63) is 34.6 Å². The molecule has 23 heavy (non-hydrogen) atoms. The van der Waals surface area contributed by atoms with Gasteiger partial charge in [-0.25, -0.2) is 4.98 Å². The standard InChI is InChI=1S/C15H20BrN5O.ClH/c1-15(2,3)12(17)14(22)18-8-11-19-13(21-20-11)9-4-6-10(16)7-5-9;/h4-7,12H,8,17H2,1-3H3,(H,18,22)(H,19,20,21);1H/t12-;/m1./s1. The maximum Gasteiger partial charge on any atom is 0.237 e. The topological polar surface area (TPSA) is 96.7 Å². The fraction of sp³-hybridized carbons (Fsp3) is 0.400. The molecule has 0 saturated heterocycles. The van der Waals surface area contributed by atoms with Crippen LogP contribution in [-0.4, -0.2) is 27.1 Å². The third kappa shape index (κ3) is 5.30. The van der Waals surface area contributed by atoms with Crippen LogP contribution in [0.5, 0.6) is 0 Å². The number of carbonyl (C=O) groups is 1. The second-order valence-electron chi connectivity index (χ2n) is 6.17. The molecule has 0 spiro atoms. The number of hydrogen-bond acceptors (Lipinski definition) is 4. The Morgan fingerprint density at radius 1 is 1.35 bits per heavy atom. The minimum atomic E-state index is -0.568. The van der Waals surface area contributed by atoms with E-state index in [-0.39, 0.29) is 30.3 Å². The second-order valence-corrected chi connectivity index (χ2v) is 7.09. The minimum absolute atomic E-state index is 0. The van der Waals surface area contributed by atoms with Gasteiger partial charge in [-0.05, 0) is 17.5 Å². The lowest BCUT2D eigenvalue weighted by molar-refractivity contribution is -0.124. The minimum Gasteiger partial charge on any atom is -0.347 e. The number of aromatic amines is 1. The van der Waals surface area contributed by atoms with Gasteiger partial charge in [-0.1, -0.05) is 48.8 Å². The van der Waals surface area contributed by atoms with E-state index in [9.17, 15) is 4.79 Å². The molecule has 1 atom stereocenters. The van der Waals surface area contributed by atoms with E-state index >= 15 is 0 Å². The highest BCUT2D eigenvalue weighted by atomic mass is 79.9. The normalized spacial score (nSPS) is 12.4. The summed E-state index contributed by atoms with van der Waals surface area (Å²) in [5.41, 5.74) is 6.53. The van der Waals surface area contributed by atoms with Crippen LogP contribution in [0.1, 0.15) is 26.6 Å². The van der Waals surface area contributed by atoms with Gasteiger partial charge >= 0.3 is 0 Å². The number of rotatable bonds is 4. The number of amides is 1. The van der Waals surface area contributed by atoms with Gasteiger partial charge in [0, 0.05) is 10.0 Å². The molecule has 0 saturated carbocycles. The summed E-state index contributed by atoms with van der Waals surface area (Å²) in [5, 5.41) is 9.75. The van der Waals surface area contributed by atoms with Crippen LogP contribution >= 0.6 is 28.3 Å². The van der Waals surface area contributed by atoms with Crippen molar-refractivity contribution in [3.63, 3.8) is 0 Å². The molecular formula is C15H21BrClN5O. The third-order valence-corrected chi connectivity index (χ3v) is 3.81. The van der Waals surface area contributed by atoms with Crippen molar-refractivity contribution in [3.8, 4) is 11.4 Å². The predicted octanol–water partition coefficient (Wildman–Crippen LogP) is 2.65. The number of halogens is 2. The van der Waals surface area contributed by atoms with Gasteiger partial charge in [-0.2, -0.15) is 5.10 Å². The highest BCUT2D eigenvalue weighted by Crippen LogP contribution is 2.19. The molecule has 2 rings (SSSR count). The first-order chi connectivity index (χ1) is 10.3. The van der Waals surface area contributed by atoms with Crippen LogP contribution in [0, 0.1) is 5.41 Å². The zero-order chi connectivity index (χ0) is 16.3. The van der Waals surface area contributed by atoms with Gasteiger partial charge in [0.25, 0.3) is 0 Å². The molecule has 4 N–H and O–H groups in total. The van der Waals surface area contributed by atoms with Gasteiger partial charge in [0.1, 0.15) is 5.82 Å². The van der Waals surface area contributed by atoms with Crippen molar-refractivity contribution in [1.29, 1.82) is 0 Å². The van der Waals surface area contributed by atoms with Gasteiger partial charge in [0.05, 0.1) is 12.6 Å². The molecule has 0 aliphatic rings. The van der Waals surface area contributed by atoms with Crippen LogP contribution in [0.4, 0.5) is 0 Å². The van der Waals surface area contributed by atoms with E-state index in [0.717, 1.165) is 10.0 Å². The van der Waals surface area contributed by atoms with Crippen molar-refractivity contribution >= 4 is 34.2 Å². The van der Waals surface area contributed by atoms with Gasteiger partial charge in [-0.3, -0.25) is 9.89 Å². The average molecular weight is 403 g/mol. The number of nitrogens with zero attached hydrogens (tertiary/aromatic N) is 2. The van der Waals surface area contributed by atoms with E-state index in [1.165, 1.54) is 0 Å². The van der Waals surface area contributed by atoms with Crippen LogP contribution in [-0.2, 0) is 11.3 Å². The lowest BCUT2D eigenvalue weighted by atomic mass is 9.87. The van der Waals surface area contributed by atoms with Crippen molar-refractivity contribution in [2.45, 2.75) is 33.4 Å². The Labute approximate surface area is 150 Å². The number of H-pyrrole nitrogens is 1. The summed E-state index contributed by atoms with van der Waals surface area (Å²) in [6.45, 7) is 6.05. The first-order valence-electron chi connectivity index (χ1n) is 6.98. The van der Waals surface area contributed by atoms with Crippen LogP contribution in [0.3, 0.4) is 0 Å². The molecule has 1 amide bonds. The molecular weight excluding hydrogens is 382 g/mol. The molecule has 1 aromatic heterocycles. The van der Waals surface area contributed by atoms with E-state index < -0.39 is 6.04 Å². The Balaban J connectivity index is 0.00000264. The van der Waals surface area contributed by atoms with Gasteiger partial charge in [0.15, 0.2) is 5.82 Å². The Morgan fingerprint density at radius 3 is 2.52 bits per heavy atom. The molecule has 0 unspecified atom stereocenters. The third-order valence-electron chi connectivity index (χ3n) is 3.28. The summed E-state index contributed by atoms with van der Waals surface area (Å²) in [5.74, 6) is 0.985. The van der Waals surface area contributed by atoms with Gasteiger partial charge in [0.2, 0.25) is 5.91 Å². The van der Waals surface area contributed by atoms with Crippen molar-refractivity contribution < 1.29 is 4.79 Å². The van der Waals surface area contributed by atoms with Crippen molar-refractivity contribution in [1.82, 2.24) is 20.5 Å². The first-order valence-corrected chi connectivity index (χ1v) is 7.77. The SMILES string of the molecule is CC(C)(C)[C@H](N)C(=O)NCc1nc(-c2ccc(Br)cc2)n[nH]1.Cl. The largest absolute Gasteiger partial charge is 0.347 e. The number of nitrogens with one attached hydrogen (secondary N) is 2. The zero-order valence-electron chi connectivity index (χ0n) is 13.3. The summed E-state index contributed by atoms with van der Waals surface area (Å²) in [6.07, 6.45) is 0. The van der Waals surface area contributed by atoms with E-state index in [2.05, 4.69) is 36.4 Å². The number of nitrogens with two attached hydrogens (primary N) is 1. The van der Waals surface area contributed by atoms with Crippen LogP contribution in [0.15, 0.2) is 28.7 Å². The summed E-state index contributed by atoms with van der Waals surface area (Å²) in [7, 11) is 0. The lowest BCUT2D eigenvalue weighted by Gasteiger charge is -2.25. The number of hydrogen-bond donors (Lipinski definition) is 3. The Kier molecular flexibility index (Phi) is 6.73. The summed E-state index contributed by atoms with van der Waals surface area (Å²) < 4.78 is 0.996. The first kappa shape index (κ1) is 19.6. The second kappa shape index (κ2) is 7.90. The smallest absolute Gasteiger partial charge is 0.237 e. The maximum atomic E-state index is 12.0. The summed E-state index contributed by atoms with van der Waals surface area (Å²) in [4.78, 5) is 16.3. The highest BCUT2D eigenvalue weighted by Gasteiger charge is 2.27. The fourth-order valence-corrected chi connectivity index (χ4v) is 2.04. The summed E-state index contributed by atoms with van der Waals surface area (Å²) >= 11 is 3.39. The Morgan fingerprint density at radius 2 is 1.96 bits per heavy atom.